The number of urea groups is 1. The van der Waals surface area contributed by atoms with Crippen LogP contribution in [0.3, 0.4) is 0 Å². The summed E-state index contributed by atoms with van der Waals surface area (Å²) in [6.07, 6.45) is 0.250. The molecule has 0 aromatic heterocycles. The fourth-order valence-corrected chi connectivity index (χ4v) is 2.25. The second-order valence-electron chi connectivity index (χ2n) is 5.58. The Morgan fingerprint density at radius 2 is 1.69 bits per heavy atom. The molecule has 1 aliphatic rings. The van der Waals surface area contributed by atoms with E-state index < -0.39 is 29.9 Å². The van der Waals surface area contributed by atoms with Gasteiger partial charge in [0, 0.05) is 14.1 Å². The molecule has 2 rings (SSSR count). The largest absolute Gasteiger partial charge is 0.493 e. The minimum absolute atomic E-state index is 0.177. The number of hydrogen-bond donors (Lipinski definition) is 1. The zero-order chi connectivity index (χ0) is 19.6. The number of hydrogen-bond acceptors (Lipinski definition) is 6. The maximum absolute atomic E-state index is 12.2. The molecule has 0 aliphatic carbocycles. The lowest BCUT2D eigenvalue weighted by molar-refractivity contribution is -0.144. The topological polar surface area (TPSA) is 113 Å². The lowest BCUT2D eigenvalue weighted by atomic mass is 10.1. The minimum atomic E-state index is -1.13. The first-order chi connectivity index (χ1) is 12.2. The summed E-state index contributed by atoms with van der Waals surface area (Å²) in [5.74, 6) is -2.11. The predicted octanol–water partition coefficient (Wildman–Crippen LogP) is 0.981. The Hall–Kier alpha value is -3.36. The van der Waals surface area contributed by atoms with Crippen LogP contribution in [0.2, 0.25) is 0 Å². The molecule has 0 unspecified atom stereocenters. The first-order valence-corrected chi connectivity index (χ1v) is 7.56. The summed E-state index contributed by atoms with van der Waals surface area (Å²) in [7, 11) is 3.94. The quantitative estimate of drug-likeness (QED) is 0.613. The smallest absolute Gasteiger partial charge is 0.344 e. The molecule has 1 N–H and O–H groups in total. The van der Waals surface area contributed by atoms with Crippen molar-refractivity contribution in [2.45, 2.75) is 13.0 Å². The standard InChI is InChI=1S/C17H18N2O7/c1-9(16(22)23)26-12-6-5-10(8-13(12)25-4)7-11-14(20)18(2)17(24)19(3)15(11)21/h5-9H,1-4H3,(H,22,23)/t9-/m0/s1. The number of methoxy groups -OCH3 is 1. The van der Waals surface area contributed by atoms with Gasteiger partial charge in [0.1, 0.15) is 5.57 Å². The molecule has 4 amide bonds. The van der Waals surface area contributed by atoms with E-state index in [9.17, 15) is 19.2 Å². The number of carbonyl (C=O) groups excluding carboxylic acids is 3. The molecule has 0 radical (unpaired) electrons. The van der Waals surface area contributed by atoms with Crippen molar-refractivity contribution in [3.63, 3.8) is 0 Å². The normalized spacial score (nSPS) is 15.8. The Bertz CT molecular complexity index is 789. The molecule has 1 heterocycles. The van der Waals surface area contributed by atoms with Crippen LogP contribution in [0.1, 0.15) is 12.5 Å². The minimum Gasteiger partial charge on any atom is -0.493 e. The molecule has 1 aromatic rings. The Morgan fingerprint density at radius 3 is 2.19 bits per heavy atom. The van der Waals surface area contributed by atoms with Gasteiger partial charge < -0.3 is 14.6 Å². The lowest BCUT2D eigenvalue weighted by Crippen LogP contribution is -2.52. The number of carboxylic acids is 1. The number of rotatable bonds is 5. The monoisotopic (exact) mass is 362 g/mol. The van der Waals surface area contributed by atoms with E-state index in [1.165, 1.54) is 52.4 Å². The third-order valence-corrected chi connectivity index (χ3v) is 3.79. The van der Waals surface area contributed by atoms with Crippen LogP contribution in [-0.4, -0.2) is 66.0 Å². The number of nitrogens with zero attached hydrogens (tertiary/aromatic N) is 2. The fraction of sp³-hybridized carbons (Fsp3) is 0.294. The number of aliphatic carboxylic acids is 1. The van der Waals surface area contributed by atoms with Crippen molar-refractivity contribution >= 4 is 29.9 Å². The van der Waals surface area contributed by atoms with Crippen molar-refractivity contribution in [3.8, 4) is 11.5 Å². The van der Waals surface area contributed by atoms with Crippen LogP contribution < -0.4 is 9.47 Å². The van der Waals surface area contributed by atoms with E-state index in [4.69, 9.17) is 14.6 Å². The van der Waals surface area contributed by atoms with Crippen LogP contribution in [-0.2, 0) is 14.4 Å². The molecule has 1 saturated heterocycles. The fourth-order valence-electron chi connectivity index (χ4n) is 2.25. The van der Waals surface area contributed by atoms with Gasteiger partial charge in [-0.1, -0.05) is 6.07 Å². The Labute approximate surface area is 149 Å². The highest BCUT2D eigenvalue weighted by Gasteiger charge is 2.37. The number of benzene rings is 1. The summed E-state index contributed by atoms with van der Waals surface area (Å²) in [6.45, 7) is 1.37. The van der Waals surface area contributed by atoms with Crippen molar-refractivity contribution in [1.29, 1.82) is 0 Å². The van der Waals surface area contributed by atoms with Crippen LogP contribution in [0.4, 0.5) is 4.79 Å². The van der Waals surface area contributed by atoms with Gasteiger partial charge in [0.05, 0.1) is 7.11 Å². The lowest BCUT2D eigenvalue weighted by Gasteiger charge is -2.28. The van der Waals surface area contributed by atoms with E-state index >= 15 is 0 Å². The molecule has 0 saturated carbocycles. The molecule has 1 fully saturated rings. The van der Waals surface area contributed by atoms with E-state index in [2.05, 4.69) is 0 Å². The van der Waals surface area contributed by atoms with Crippen LogP contribution in [0.5, 0.6) is 11.5 Å². The predicted molar refractivity (Wildman–Crippen MR) is 89.6 cm³/mol. The van der Waals surface area contributed by atoms with Gasteiger partial charge in [0.15, 0.2) is 17.6 Å². The molecule has 26 heavy (non-hydrogen) atoms. The Balaban J connectivity index is 2.38. The van der Waals surface area contributed by atoms with Gasteiger partial charge >= 0.3 is 12.0 Å². The Morgan fingerprint density at radius 1 is 1.12 bits per heavy atom. The van der Waals surface area contributed by atoms with Crippen molar-refractivity contribution in [1.82, 2.24) is 9.80 Å². The van der Waals surface area contributed by atoms with Crippen LogP contribution in [0.25, 0.3) is 6.08 Å². The average Bonchev–Trinajstić information content (AvgIpc) is 2.62. The first kappa shape index (κ1) is 19.0. The van der Waals surface area contributed by atoms with Gasteiger partial charge in [-0.15, -0.1) is 0 Å². The molecule has 1 aliphatic heterocycles. The third-order valence-electron chi connectivity index (χ3n) is 3.79. The van der Waals surface area contributed by atoms with Gasteiger partial charge in [-0.3, -0.25) is 19.4 Å². The molecule has 1 atom stereocenters. The molecule has 0 bridgehead atoms. The number of carbonyl (C=O) groups is 4. The Kier molecular flexibility index (Phi) is 5.30. The molecular weight excluding hydrogens is 344 g/mol. The first-order valence-electron chi connectivity index (χ1n) is 7.56. The van der Waals surface area contributed by atoms with Crippen LogP contribution in [0.15, 0.2) is 23.8 Å². The van der Waals surface area contributed by atoms with E-state index in [1.807, 2.05) is 0 Å². The second-order valence-corrected chi connectivity index (χ2v) is 5.58. The highest BCUT2D eigenvalue weighted by Crippen LogP contribution is 2.30. The summed E-state index contributed by atoms with van der Waals surface area (Å²) in [5, 5.41) is 8.92. The molecule has 1 aromatic carbocycles. The molecular formula is C17H18N2O7. The summed E-state index contributed by atoms with van der Waals surface area (Å²) in [4.78, 5) is 48.8. The summed E-state index contributed by atoms with van der Waals surface area (Å²) < 4.78 is 10.5. The third kappa shape index (κ3) is 3.51. The molecule has 9 heteroatoms. The molecule has 0 spiro atoms. The molecule has 9 nitrogen and oxygen atoms in total. The zero-order valence-corrected chi connectivity index (χ0v) is 14.7. The number of barbiturate groups is 1. The van der Waals surface area contributed by atoms with E-state index in [-0.39, 0.29) is 17.1 Å². The number of ether oxygens (including phenoxy) is 2. The maximum atomic E-state index is 12.2. The van der Waals surface area contributed by atoms with Crippen LogP contribution >= 0.6 is 0 Å². The van der Waals surface area contributed by atoms with Gasteiger partial charge in [-0.2, -0.15) is 0 Å². The number of likely N-dealkylation sites (N-methyl/N-ethyl adjacent to an activating group) is 2. The van der Waals surface area contributed by atoms with Gasteiger partial charge in [0.25, 0.3) is 11.8 Å². The summed E-state index contributed by atoms with van der Waals surface area (Å²) in [5.41, 5.74) is 0.272. The summed E-state index contributed by atoms with van der Waals surface area (Å²) >= 11 is 0. The van der Waals surface area contributed by atoms with Crippen molar-refractivity contribution in [2.75, 3.05) is 21.2 Å². The zero-order valence-electron chi connectivity index (χ0n) is 14.7. The van der Waals surface area contributed by atoms with E-state index in [0.717, 1.165) is 9.80 Å². The average molecular weight is 362 g/mol. The van der Waals surface area contributed by atoms with Gasteiger partial charge in [0.2, 0.25) is 0 Å². The highest BCUT2D eigenvalue weighted by molar-refractivity contribution is 6.30. The maximum Gasteiger partial charge on any atom is 0.344 e. The number of carboxylic acid groups (broad SMARTS) is 1. The highest BCUT2D eigenvalue weighted by atomic mass is 16.5. The SMILES string of the molecule is COc1cc(C=C2C(=O)N(C)C(=O)N(C)C2=O)ccc1O[C@@H](C)C(=O)O. The molecule has 138 valence electrons. The van der Waals surface area contributed by atoms with E-state index in [0.29, 0.717) is 5.56 Å². The summed E-state index contributed by atoms with van der Waals surface area (Å²) in [6, 6.07) is 3.80. The van der Waals surface area contributed by atoms with Gasteiger partial charge in [-0.25, -0.2) is 9.59 Å². The van der Waals surface area contributed by atoms with E-state index in [1.54, 1.807) is 0 Å². The van der Waals surface area contributed by atoms with Gasteiger partial charge in [-0.05, 0) is 30.7 Å². The van der Waals surface area contributed by atoms with Crippen molar-refractivity contribution in [2.24, 2.45) is 0 Å². The van der Waals surface area contributed by atoms with Crippen molar-refractivity contribution < 1.29 is 33.8 Å². The second kappa shape index (κ2) is 7.26. The number of amides is 4. The van der Waals surface area contributed by atoms with Crippen LogP contribution in [0, 0.1) is 0 Å². The van der Waals surface area contributed by atoms with Crippen molar-refractivity contribution in [3.05, 3.63) is 29.3 Å². The number of imide groups is 2.